The van der Waals surface area contributed by atoms with E-state index in [1.165, 1.54) is 16.7 Å². The van der Waals surface area contributed by atoms with Gasteiger partial charge in [0, 0.05) is 0 Å². The quantitative estimate of drug-likeness (QED) is 0.458. The molecule has 0 spiro atoms. The van der Waals surface area contributed by atoms with Gasteiger partial charge >= 0.3 is 0 Å². The fraction of sp³-hybridized carbons (Fsp3) is 0.176. The van der Waals surface area contributed by atoms with E-state index in [0.29, 0.717) is 0 Å². The molecule has 0 radical (unpaired) electrons. The minimum atomic E-state index is -0.0988. The lowest BCUT2D eigenvalue weighted by molar-refractivity contribution is 1.34. The van der Waals surface area contributed by atoms with E-state index in [1.54, 1.807) is 0 Å². The molecule has 0 saturated heterocycles. The first-order chi connectivity index (χ1) is 9.84. The van der Waals surface area contributed by atoms with E-state index in [9.17, 15) is 0 Å². The molecule has 0 aliphatic rings. The summed E-state index contributed by atoms with van der Waals surface area (Å²) in [5.74, 6) is 0. The highest BCUT2D eigenvalue weighted by molar-refractivity contribution is 6.67. The van der Waals surface area contributed by atoms with Gasteiger partial charge in [0.25, 0.3) is 0 Å². The molecule has 0 heterocycles. The van der Waals surface area contributed by atoms with Gasteiger partial charge in [-0.25, -0.2) is 0 Å². The van der Waals surface area contributed by atoms with Crippen LogP contribution < -0.4 is 0 Å². The van der Waals surface area contributed by atoms with Crippen molar-refractivity contribution in [1.29, 1.82) is 0 Å². The van der Waals surface area contributed by atoms with Gasteiger partial charge in [-0.05, 0) is 31.9 Å². The first-order valence-electron chi connectivity index (χ1n) is 6.24. The maximum absolute atomic E-state index is 4.99. The van der Waals surface area contributed by atoms with Crippen molar-refractivity contribution in [2.45, 2.75) is 20.8 Å². The van der Waals surface area contributed by atoms with Crippen LogP contribution in [0, 0.1) is 20.8 Å². The molecule has 2 aromatic carbocycles. The summed E-state index contributed by atoms with van der Waals surface area (Å²) in [6, 6.07) is 18.6. The second kappa shape index (κ2) is 11.9. The highest BCUT2D eigenvalue weighted by atomic mass is 35.5. The van der Waals surface area contributed by atoms with Crippen molar-refractivity contribution in [3.8, 4) is 0 Å². The van der Waals surface area contributed by atoms with E-state index >= 15 is 0 Å². The van der Waals surface area contributed by atoms with Crippen LogP contribution in [-0.4, -0.2) is 0 Å². The molecular formula is C17H18Cl4. The molecule has 0 aliphatic heterocycles. The first-order valence-corrected chi connectivity index (χ1v) is 7.76. The molecule has 0 nitrogen and oxygen atoms in total. The van der Waals surface area contributed by atoms with Crippen molar-refractivity contribution in [2.24, 2.45) is 0 Å². The Morgan fingerprint density at radius 2 is 0.905 bits per heavy atom. The summed E-state index contributed by atoms with van der Waals surface area (Å²) in [6.07, 6.45) is 0. The predicted molar refractivity (Wildman–Crippen MR) is 97.5 cm³/mol. The molecule has 0 bridgehead atoms. The summed E-state index contributed by atoms with van der Waals surface area (Å²) >= 11 is 20.0. The van der Waals surface area contributed by atoms with Gasteiger partial charge in [0.05, 0.1) is 0 Å². The number of hydrogen-bond acceptors (Lipinski definition) is 0. The second-order valence-corrected chi connectivity index (χ2v) is 6.16. The lowest BCUT2D eigenvalue weighted by Crippen LogP contribution is -1.74. The third-order valence-electron chi connectivity index (χ3n) is 2.51. The molecule has 2 aromatic rings. The number of halogens is 4. The van der Waals surface area contributed by atoms with Crippen LogP contribution >= 0.6 is 46.4 Å². The standard InChI is InChI=1S/C8H10.C7H8.C2Cl4/c1-7-5-3-4-6-8(7)2;1-7-5-3-2-4-6-7;3-1(4)2(5)6/h3-6H,1-2H3;2-6H,1H3;. The number of benzene rings is 2. The third kappa shape index (κ3) is 11.7. The Hall–Kier alpha value is -0.660. The minimum absolute atomic E-state index is 0.0988. The van der Waals surface area contributed by atoms with Gasteiger partial charge in [-0.2, -0.15) is 0 Å². The highest BCUT2D eigenvalue weighted by Crippen LogP contribution is 2.20. The number of hydrogen-bond donors (Lipinski definition) is 0. The Bertz CT molecular complexity index is 509. The molecule has 0 amide bonds. The summed E-state index contributed by atoms with van der Waals surface area (Å²) in [6.45, 7) is 6.32. The van der Waals surface area contributed by atoms with Crippen LogP contribution in [-0.2, 0) is 0 Å². The SMILES string of the molecule is Cc1ccccc1.Cc1ccccc1C.ClC(Cl)=C(Cl)Cl. The minimum Gasteiger partial charge on any atom is -0.0682 e. The van der Waals surface area contributed by atoms with Gasteiger partial charge in [0.2, 0.25) is 0 Å². The highest BCUT2D eigenvalue weighted by Gasteiger charge is 1.88. The van der Waals surface area contributed by atoms with Crippen LogP contribution in [0.5, 0.6) is 0 Å². The number of rotatable bonds is 0. The summed E-state index contributed by atoms with van der Waals surface area (Å²) in [5, 5.41) is 0. The molecule has 0 fully saturated rings. The Labute approximate surface area is 147 Å². The average molecular weight is 364 g/mol. The maximum Gasteiger partial charge on any atom is 0.136 e. The average Bonchev–Trinajstić information content (AvgIpc) is 2.44. The zero-order valence-electron chi connectivity index (χ0n) is 12.2. The van der Waals surface area contributed by atoms with Crippen LogP contribution in [0.2, 0.25) is 0 Å². The largest absolute Gasteiger partial charge is 0.136 e. The third-order valence-corrected chi connectivity index (χ3v) is 3.65. The molecule has 4 heteroatoms. The monoisotopic (exact) mass is 362 g/mol. The first kappa shape index (κ1) is 20.3. The molecule has 0 N–H and O–H groups in total. The van der Waals surface area contributed by atoms with Crippen LogP contribution in [0.15, 0.2) is 63.6 Å². The molecule has 0 aromatic heterocycles. The smallest absolute Gasteiger partial charge is 0.0682 e. The van der Waals surface area contributed by atoms with Gasteiger partial charge < -0.3 is 0 Å². The van der Waals surface area contributed by atoms with E-state index in [2.05, 4.69) is 57.2 Å². The Morgan fingerprint density at radius 1 is 0.571 bits per heavy atom. The van der Waals surface area contributed by atoms with Crippen molar-refractivity contribution >= 4 is 46.4 Å². The summed E-state index contributed by atoms with van der Waals surface area (Å²) in [5.41, 5.74) is 4.06. The summed E-state index contributed by atoms with van der Waals surface area (Å²) < 4.78 is -0.198. The fourth-order valence-electron chi connectivity index (χ4n) is 1.20. The predicted octanol–water partition coefficient (Wildman–Crippen LogP) is 7.37. The van der Waals surface area contributed by atoms with E-state index in [-0.39, 0.29) is 8.98 Å². The van der Waals surface area contributed by atoms with Crippen molar-refractivity contribution in [1.82, 2.24) is 0 Å². The summed E-state index contributed by atoms with van der Waals surface area (Å²) in [4.78, 5) is 0. The molecule has 0 aliphatic carbocycles. The van der Waals surface area contributed by atoms with Gasteiger partial charge in [0.15, 0.2) is 0 Å². The summed E-state index contributed by atoms with van der Waals surface area (Å²) in [7, 11) is 0. The molecule has 0 saturated carbocycles. The zero-order valence-corrected chi connectivity index (χ0v) is 15.2. The van der Waals surface area contributed by atoms with E-state index in [0.717, 1.165) is 0 Å². The van der Waals surface area contributed by atoms with Gasteiger partial charge in [0.1, 0.15) is 8.98 Å². The van der Waals surface area contributed by atoms with Crippen molar-refractivity contribution in [2.75, 3.05) is 0 Å². The lowest BCUT2D eigenvalue weighted by Gasteiger charge is -1.93. The van der Waals surface area contributed by atoms with Gasteiger partial charge in [-0.3, -0.25) is 0 Å². The van der Waals surface area contributed by atoms with Gasteiger partial charge in [-0.15, -0.1) is 0 Å². The Balaban J connectivity index is 0.000000290. The normalized spacial score (nSPS) is 8.71. The second-order valence-electron chi connectivity index (χ2n) is 4.26. The molecule has 0 unspecified atom stereocenters. The topological polar surface area (TPSA) is 0 Å². The van der Waals surface area contributed by atoms with E-state index < -0.39 is 0 Å². The van der Waals surface area contributed by atoms with E-state index in [4.69, 9.17) is 46.4 Å². The van der Waals surface area contributed by atoms with Crippen molar-refractivity contribution in [3.05, 3.63) is 80.3 Å². The van der Waals surface area contributed by atoms with Crippen LogP contribution in [0.3, 0.4) is 0 Å². The molecule has 21 heavy (non-hydrogen) atoms. The molecule has 0 atom stereocenters. The van der Waals surface area contributed by atoms with Crippen molar-refractivity contribution < 1.29 is 0 Å². The lowest BCUT2D eigenvalue weighted by atomic mass is 10.1. The van der Waals surface area contributed by atoms with Crippen LogP contribution in [0.25, 0.3) is 0 Å². The Morgan fingerprint density at radius 3 is 1.10 bits per heavy atom. The van der Waals surface area contributed by atoms with Gasteiger partial charge in [-0.1, -0.05) is 107 Å². The molecular weight excluding hydrogens is 346 g/mol. The zero-order chi connectivity index (χ0) is 16.3. The fourth-order valence-corrected chi connectivity index (χ4v) is 1.20. The van der Waals surface area contributed by atoms with Crippen LogP contribution in [0.1, 0.15) is 16.7 Å². The number of aryl methyl sites for hydroxylation is 3. The molecule has 114 valence electrons. The van der Waals surface area contributed by atoms with Crippen molar-refractivity contribution in [3.63, 3.8) is 0 Å². The maximum atomic E-state index is 4.99. The Kier molecular flexibility index (Phi) is 11.6. The van der Waals surface area contributed by atoms with Crippen LogP contribution in [0.4, 0.5) is 0 Å². The molecule has 2 rings (SSSR count). The van der Waals surface area contributed by atoms with E-state index in [1.807, 2.05) is 18.2 Å².